The number of carbonyl (C=O) groups excluding carboxylic acids is 3. The van der Waals surface area contributed by atoms with E-state index in [9.17, 15) is 14.4 Å². The molecule has 4 amide bonds. The first-order valence-electron chi connectivity index (χ1n) is 7.76. The molecule has 0 saturated carbocycles. The summed E-state index contributed by atoms with van der Waals surface area (Å²) in [4.78, 5) is 38.4. The van der Waals surface area contributed by atoms with Gasteiger partial charge in [0.2, 0.25) is 0 Å². The largest absolute Gasteiger partial charge is 0.490 e. The number of rotatable bonds is 6. The van der Waals surface area contributed by atoms with Crippen LogP contribution in [-0.4, -0.2) is 40.8 Å². The van der Waals surface area contributed by atoms with Gasteiger partial charge in [-0.15, -0.1) is 0 Å². The number of ether oxygens (including phenoxy) is 1. The molecule has 6 nitrogen and oxygen atoms in total. The third-order valence-corrected chi connectivity index (χ3v) is 4.33. The molecule has 0 aromatic heterocycles. The highest BCUT2D eigenvalue weighted by molar-refractivity contribution is 6.44. The topological polar surface area (TPSA) is 66.9 Å². The highest BCUT2D eigenvalue weighted by Gasteiger charge is 2.44. The first-order chi connectivity index (χ1) is 12.5. The van der Waals surface area contributed by atoms with E-state index >= 15 is 0 Å². The maximum atomic E-state index is 12.4. The van der Waals surface area contributed by atoms with E-state index < -0.39 is 17.8 Å². The molecule has 2 aromatic rings. The number of hydrogen-bond acceptors (Lipinski definition) is 4. The molecule has 1 aliphatic rings. The lowest BCUT2D eigenvalue weighted by atomic mass is 10.2. The standard InChI is InChI=1S/C18H14Cl2N2O4/c19-13-6-7-14(20)15(10-13)26-9-8-21-16(23)17(24)22(18(21)25)11-12-4-2-1-3-5-12/h1-7,10H,8-9,11H2. The average Bonchev–Trinajstić information content (AvgIpc) is 2.83. The van der Waals surface area contributed by atoms with Gasteiger partial charge >= 0.3 is 17.8 Å². The fraction of sp³-hybridized carbons (Fsp3) is 0.167. The summed E-state index contributed by atoms with van der Waals surface area (Å²) < 4.78 is 5.47. The summed E-state index contributed by atoms with van der Waals surface area (Å²) in [6.07, 6.45) is 0. The lowest BCUT2D eigenvalue weighted by Crippen LogP contribution is -2.35. The van der Waals surface area contributed by atoms with Crippen LogP contribution in [0.25, 0.3) is 0 Å². The van der Waals surface area contributed by atoms with Crippen molar-refractivity contribution in [2.24, 2.45) is 0 Å². The van der Waals surface area contributed by atoms with Gasteiger partial charge in [0.05, 0.1) is 18.1 Å². The summed E-state index contributed by atoms with van der Waals surface area (Å²) >= 11 is 11.9. The Morgan fingerprint density at radius 1 is 0.885 bits per heavy atom. The van der Waals surface area contributed by atoms with E-state index in [4.69, 9.17) is 27.9 Å². The smallest absolute Gasteiger partial charge is 0.334 e. The van der Waals surface area contributed by atoms with Crippen molar-refractivity contribution in [3.8, 4) is 5.75 Å². The highest BCUT2D eigenvalue weighted by Crippen LogP contribution is 2.27. The van der Waals surface area contributed by atoms with Crippen molar-refractivity contribution >= 4 is 41.0 Å². The molecule has 26 heavy (non-hydrogen) atoms. The summed E-state index contributed by atoms with van der Waals surface area (Å²) in [6.45, 7) is -0.0384. The van der Waals surface area contributed by atoms with Crippen molar-refractivity contribution < 1.29 is 19.1 Å². The molecule has 0 unspecified atom stereocenters. The Morgan fingerprint density at radius 3 is 2.31 bits per heavy atom. The van der Waals surface area contributed by atoms with Crippen LogP contribution in [0.3, 0.4) is 0 Å². The van der Waals surface area contributed by atoms with Crippen LogP contribution in [0.4, 0.5) is 4.79 Å². The van der Waals surface area contributed by atoms with Gasteiger partial charge in [-0.25, -0.2) is 4.79 Å². The van der Waals surface area contributed by atoms with Gasteiger partial charge in [0.25, 0.3) is 0 Å². The van der Waals surface area contributed by atoms with Gasteiger partial charge in [-0.3, -0.25) is 19.4 Å². The average molecular weight is 393 g/mol. The molecule has 1 aliphatic heterocycles. The Labute approximate surface area is 159 Å². The monoisotopic (exact) mass is 392 g/mol. The van der Waals surface area contributed by atoms with E-state index in [2.05, 4.69) is 0 Å². The van der Waals surface area contributed by atoms with Gasteiger partial charge in [0, 0.05) is 11.1 Å². The summed E-state index contributed by atoms with van der Waals surface area (Å²) in [5.41, 5.74) is 0.755. The van der Waals surface area contributed by atoms with Gasteiger partial charge in [0.1, 0.15) is 12.4 Å². The zero-order chi connectivity index (χ0) is 18.7. The summed E-state index contributed by atoms with van der Waals surface area (Å²) in [5.74, 6) is -1.38. The van der Waals surface area contributed by atoms with Gasteiger partial charge in [0.15, 0.2) is 0 Å². The van der Waals surface area contributed by atoms with Crippen LogP contribution < -0.4 is 4.74 Å². The van der Waals surface area contributed by atoms with E-state index in [0.29, 0.717) is 15.8 Å². The van der Waals surface area contributed by atoms with Crippen molar-refractivity contribution in [2.45, 2.75) is 6.54 Å². The predicted octanol–water partition coefficient (Wildman–Crippen LogP) is 3.36. The van der Waals surface area contributed by atoms with Gasteiger partial charge < -0.3 is 4.74 Å². The molecule has 0 radical (unpaired) electrons. The van der Waals surface area contributed by atoms with Crippen molar-refractivity contribution in [2.75, 3.05) is 13.2 Å². The van der Waals surface area contributed by atoms with Crippen LogP contribution in [0.5, 0.6) is 5.75 Å². The number of carbonyl (C=O) groups is 3. The van der Waals surface area contributed by atoms with E-state index in [-0.39, 0.29) is 19.7 Å². The quantitative estimate of drug-likeness (QED) is 0.558. The first kappa shape index (κ1) is 18.2. The second kappa shape index (κ2) is 7.76. The minimum absolute atomic E-state index is 0.00992. The third kappa shape index (κ3) is 3.81. The molecular weight excluding hydrogens is 379 g/mol. The Kier molecular flexibility index (Phi) is 5.44. The van der Waals surface area contributed by atoms with E-state index in [1.807, 2.05) is 6.07 Å². The third-order valence-electron chi connectivity index (χ3n) is 3.78. The molecule has 134 valence electrons. The first-order valence-corrected chi connectivity index (χ1v) is 8.52. The SMILES string of the molecule is O=C1C(=O)N(Cc2ccccc2)C(=O)N1CCOc1cc(Cl)ccc1Cl. The van der Waals surface area contributed by atoms with Crippen molar-refractivity contribution in [1.82, 2.24) is 9.80 Å². The zero-order valence-corrected chi connectivity index (χ0v) is 15.0. The number of nitrogens with zero attached hydrogens (tertiary/aromatic N) is 2. The van der Waals surface area contributed by atoms with Crippen LogP contribution in [0.1, 0.15) is 5.56 Å². The predicted molar refractivity (Wildman–Crippen MR) is 96.1 cm³/mol. The minimum atomic E-state index is -0.869. The molecule has 2 aromatic carbocycles. The highest BCUT2D eigenvalue weighted by atomic mass is 35.5. The van der Waals surface area contributed by atoms with Crippen LogP contribution in [0.15, 0.2) is 48.5 Å². The summed E-state index contributed by atoms with van der Waals surface area (Å²) in [5, 5.41) is 0.803. The fourth-order valence-corrected chi connectivity index (χ4v) is 2.82. The summed E-state index contributed by atoms with van der Waals surface area (Å²) in [6, 6.07) is 13.0. The molecule has 0 bridgehead atoms. The normalized spacial score (nSPS) is 14.3. The number of benzene rings is 2. The summed E-state index contributed by atoms with van der Waals surface area (Å²) in [7, 11) is 0. The number of halogens is 2. The number of amides is 4. The molecule has 3 rings (SSSR count). The molecule has 0 N–H and O–H groups in total. The van der Waals surface area contributed by atoms with Crippen molar-refractivity contribution in [3.63, 3.8) is 0 Å². The van der Waals surface area contributed by atoms with Crippen molar-refractivity contribution in [1.29, 1.82) is 0 Å². The zero-order valence-electron chi connectivity index (χ0n) is 13.5. The van der Waals surface area contributed by atoms with Gasteiger partial charge in [-0.2, -0.15) is 0 Å². The Morgan fingerprint density at radius 2 is 1.58 bits per heavy atom. The Balaban J connectivity index is 1.63. The molecular formula is C18H14Cl2N2O4. The molecule has 1 fully saturated rings. The van der Waals surface area contributed by atoms with Crippen LogP contribution in [0, 0.1) is 0 Å². The van der Waals surface area contributed by atoms with Crippen LogP contribution >= 0.6 is 23.2 Å². The lowest BCUT2D eigenvalue weighted by Gasteiger charge is -2.16. The second-order valence-electron chi connectivity index (χ2n) is 5.54. The maximum absolute atomic E-state index is 12.4. The molecule has 0 aliphatic carbocycles. The minimum Gasteiger partial charge on any atom is -0.490 e. The lowest BCUT2D eigenvalue weighted by molar-refractivity contribution is -0.143. The molecule has 8 heteroatoms. The number of hydrogen-bond donors (Lipinski definition) is 0. The van der Waals surface area contributed by atoms with Gasteiger partial charge in [-0.05, 0) is 17.7 Å². The van der Waals surface area contributed by atoms with Gasteiger partial charge in [-0.1, -0.05) is 53.5 Å². The Hall–Kier alpha value is -2.57. The van der Waals surface area contributed by atoms with E-state index in [1.54, 1.807) is 36.4 Å². The Bertz CT molecular complexity index is 858. The molecule has 1 saturated heterocycles. The molecule has 1 heterocycles. The number of imide groups is 2. The van der Waals surface area contributed by atoms with Crippen LogP contribution in [-0.2, 0) is 16.1 Å². The van der Waals surface area contributed by atoms with E-state index in [0.717, 1.165) is 15.4 Å². The fourth-order valence-electron chi connectivity index (χ4n) is 2.49. The number of urea groups is 1. The molecule has 0 spiro atoms. The molecule has 0 atom stereocenters. The van der Waals surface area contributed by atoms with E-state index in [1.165, 1.54) is 6.07 Å². The van der Waals surface area contributed by atoms with Crippen LogP contribution in [0.2, 0.25) is 10.0 Å². The van der Waals surface area contributed by atoms with Crippen molar-refractivity contribution in [3.05, 3.63) is 64.1 Å². The second-order valence-corrected chi connectivity index (χ2v) is 6.38. The maximum Gasteiger partial charge on any atom is 0.334 e.